The Kier molecular flexibility index (Phi) is 6.01. The molecule has 0 bridgehead atoms. The largest absolute Gasteiger partial charge is 0.325 e. The highest BCUT2D eigenvalue weighted by Crippen LogP contribution is 2.23. The Morgan fingerprint density at radius 3 is 2.37 bits per heavy atom. The van der Waals surface area contributed by atoms with Gasteiger partial charge < -0.3 is 9.88 Å². The van der Waals surface area contributed by atoms with Crippen molar-refractivity contribution < 1.29 is 4.79 Å². The zero-order valence-electron chi connectivity index (χ0n) is 16.2. The SMILES string of the molecule is Cc1ccc(Cn2ccnc2SCC(=O)Nc2c(C)cc(C)cc2C)cc1. The molecule has 0 aliphatic rings. The van der Waals surface area contributed by atoms with E-state index in [-0.39, 0.29) is 5.91 Å². The summed E-state index contributed by atoms with van der Waals surface area (Å²) in [7, 11) is 0. The summed E-state index contributed by atoms with van der Waals surface area (Å²) in [4.78, 5) is 16.8. The number of aromatic nitrogens is 2. The first-order valence-electron chi connectivity index (χ1n) is 8.99. The summed E-state index contributed by atoms with van der Waals surface area (Å²) in [5, 5.41) is 3.90. The molecule has 0 unspecified atom stereocenters. The fourth-order valence-electron chi connectivity index (χ4n) is 3.13. The van der Waals surface area contributed by atoms with Crippen LogP contribution in [0.15, 0.2) is 53.9 Å². The number of hydrogen-bond donors (Lipinski definition) is 1. The minimum Gasteiger partial charge on any atom is -0.325 e. The fourth-order valence-corrected chi connectivity index (χ4v) is 3.89. The molecule has 140 valence electrons. The number of benzene rings is 2. The van der Waals surface area contributed by atoms with Crippen LogP contribution in [0.1, 0.15) is 27.8 Å². The average molecular weight is 380 g/mol. The van der Waals surface area contributed by atoms with E-state index in [9.17, 15) is 4.79 Å². The van der Waals surface area contributed by atoms with Crippen LogP contribution in [0, 0.1) is 27.7 Å². The van der Waals surface area contributed by atoms with Gasteiger partial charge >= 0.3 is 0 Å². The molecule has 0 atom stereocenters. The van der Waals surface area contributed by atoms with Crippen LogP contribution < -0.4 is 5.32 Å². The van der Waals surface area contributed by atoms with Crippen LogP contribution >= 0.6 is 11.8 Å². The van der Waals surface area contributed by atoms with Crippen LogP contribution in [0.4, 0.5) is 5.69 Å². The van der Waals surface area contributed by atoms with Gasteiger partial charge in [0.05, 0.1) is 5.75 Å². The lowest BCUT2D eigenvalue weighted by Crippen LogP contribution is -2.16. The minimum absolute atomic E-state index is 0.0139. The van der Waals surface area contributed by atoms with Gasteiger partial charge in [0.2, 0.25) is 5.91 Å². The molecule has 1 aromatic heterocycles. The first kappa shape index (κ1) is 19.2. The number of amides is 1. The van der Waals surface area contributed by atoms with Gasteiger partial charge in [-0.1, -0.05) is 59.3 Å². The molecule has 5 heteroatoms. The van der Waals surface area contributed by atoms with Crippen molar-refractivity contribution in [3.05, 3.63) is 76.6 Å². The van der Waals surface area contributed by atoms with Crippen molar-refractivity contribution in [2.45, 2.75) is 39.4 Å². The summed E-state index contributed by atoms with van der Waals surface area (Å²) >= 11 is 1.46. The van der Waals surface area contributed by atoms with E-state index in [0.717, 1.165) is 28.5 Å². The molecule has 3 rings (SSSR count). The molecule has 1 amide bonds. The molecular formula is C22H25N3OS. The van der Waals surface area contributed by atoms with Gasteiger partial charge in [0, 0.05) is 24.6 Å². The van der Waals surface area contributed by atoms with Crippen molar-refractivity contribution in [2.75, 3.05) is 11.1 Å². The number of anilines is 1. The summed E-state index contributed by atoms with van der Waals surface area (Å²) in [6.45, 7) is 8.95. The van der Waals surface area contributed by atoms with Crippen LogP contribution in [0.2, 0.25) is 0 Å². The topological polar surface area (TPSA) is 46.9 Å². The van der Waals surface area contributed by atoms with E-state index < -0.39 is 0 Å². The lowest BCUT2D eigenvalue weighted by atomic mass is 10.1. The second-order valence-electron chi connectivity index (χ2n) is 6.93. The van der Waals surface area contributed by atoms with E-state index in [2.05, 4.69) is 65.1 Å². The number of carbonyl (C=O) groups excluding carboxylic acids is 1. The molecule has 0 radical (unpaired) electrons. The van der Waals surface area contributed by atoms with Gasteiger partial charge in [-0.05, 0) is 44.4 Å². The molecule has 1 N–H and O–H groups in total. The summed E-state index contributed by atoms with van der Waals surface area (Å²) < 4.78 is 2.07. The first-order valence-corrected chi connectivity index (χ1v) is 9.98. The van der Waals surface area contributed by atoms with E-state index >= 15 is 0 Å². The quantitative estimate of drug-likeness (QED) is 0.620. The molecule has 3 aromatic rings. The predicted octanol–water partition coefficient (Wildman–Crippen LogP) is 4.90. The van der Waals surface area contributed by atoms with Gasteiger partial charge in [0.25, 0.3) is 0 Å². The summed E-state index contributed by atoms with van der Waals surface area (Å²) in [5.74, 6) is 0.317. The second kappa shape index (κ2) is 8.44. The number of thioether (sulfide) groups is 1. The maximum absolute atomic E-state index is 12.4. The highest BCUT2D eigenvalue weighted by atomic mass is 32.2. The van der Waals surface area contributed by atoms with Gasteiger partial charge in [-0.25, -0.2) is 4.98 Å². The van der Waals surface area contributed by atoms with E-state index in [1.807, 2.05) is 20.0 Å². The van der Waals surface area contributed by atoms with E-state index in [0.29, 0.717) is 5.75 Å². The minimum atomic E-state index is -0.0139. The number of imidazole rings is 1. The molecule has 0 fully saturated rings. The molecule has 0 saturated carbocycles. The summed E-state index contributed by atoms with van der Waals surface area (Å²) in [5.41, 5.74) is 6.76. The third-order valence-corrected chi connectivity index (χ3v) is 5.43. The van der Waals surface area contributed by atoms with Gasteiger partial charge in [0.1, 0.15) is 0 Å². The summed E-state index contributed by atoms with van der Waals surface area (Å²) in [6.07, 6.45) is 3.73. The Labute approximate surface area is 165 Å². The number of hydrogen-bond acceptors (Lipinski definition) is 3. The van der Waals surface area contributed by atoms with Crippen molar-refractivity contribution in [1.82, 2.24) is 9.55 Å². The first-order chi connectivity index (χ1) is 12.9. The van der Waals surface area contributed by atoms with Gasteiger partial charge in [0.15, 0.2) is 5.16 Å². The van der Waals surface area contributed by atoms with E-state index in [4.69, 9.17) is 0 Å². The molecule has 27 heavy (non-hydrogen) atoms. The summed E-state index contributed by atoms with van der Waals surface area (Å²) in [6, 6.07) is 12.6. The van der Waals surface area contributed by atoms with Gasteiger partial charge in [-0.15, -0.1) is 0 Å². The van der Waals surface area contributed by atoms with Crippen LogP contribution in [0.25, 0.3) is 0 Å². The lowest BCUT2D eigenvalue weighted by molar-refractivity contribution is -0.113. The highest BCUT2D eigenvalue weighted by Gasteiger charge is 2.11. The van der Waals surface area contributed by atoms with Crippen LogP contribution in [0.3, 0.4) is 0 Å². The van der Waals surface area contributed by atoms with Crippen molar-refractivity contribution in [1.29, 1.82) is 0 Å². The number of rotatable bonds is 6. The zero-order chi connectivity index (χ0) is 19.4. The molecule has 0 saturated heterocycles. The Hall–Kier alpha value is -2.53. The lowest BCUT2D eigenvalue weighted by Gasteiger charge is -2.13. The van der Waals surface area contributed by atoms with Crippen molar-refractivity contribution in [2.24, 2.45) is 0 Å². The van der Waals surface area contributed by atoms with E-state index in [1.54, 1.807) is 6.20 Å². The van der Waals surface area contributed by atoms with Crippen LogP contribution in [-0.2, 0) is 11.3 Å². The Balaban J connectivity index is 1.62. The van der Waals surface area contributed by atoms with Gasteiger partial charge in [-0.3, -0.25) is 4.79 Å². The number of carbonyl (C=O) groups is 1. The molecule has 0 aliphatic carbocycles. The molecule has 4 nitrogen and oxygen atoms in total. The predicted molar refractivity (Wildman–Crippen MR) is 113 cm³/mol. The van der Waals surface area contributed by atoms with Crippen molar-refractivity contribution in [3.8, 4) is 0 Å². The molecule has 0 aliphatic heterocycles. The number of nitrogens with zero attached hydrogens (tertiary/aromatic N) is 2. The maximum atomic E-state index is 12.4. The standard InChI is InChI=1S/C22H25N3OS/c1-15-5-7-19(8-6-15)13-25-10-9-23-22(25)27-14-20(26)24-21-17(3)11-16(2)12-18(21)4/h5-12H,13-14H2,1-4H3,(H,24,26). The Bertz CT molecular complexity index is 921. The Morgan fingerprint density at radius 2 is 1.70 bits per heavy atom. The average Bonchev–Trinajstić information content (AvgIpc) is 3.05. The van der Waals surface area contributed by atoms with E-state index in [1.165, 1.54) is 28.5 Å². The highest BCUT2D eigenvalue weighted by molar-refractivity contribution is 7.99. The molecule has 0 spiro atoms. The van der Waals surface area contributed by atoms with Gasteiger partial charge in [-0.2, -0.15) is 0 Å². The molecule has 2 aromatic carbocycles. The van der Waals surface area contributed by atoms with Crippen molar-refractivity contribution >= 4 is 23.4 Å². The van der Waals surface area contributed by atoms with Crippen LogP contribution in [-0.4, -0.2) is 21.2 Å². The molecular weight excluding hydrogens is 354 g/mol. The normalized spacial score (nSPS) is 10.8. The zero-order valence-corrected chi connectivity index (χ0v) is 17.1. The Morgan fingerprint density at radius 1 is 1.04 bits per heavy atom. The number of aryl methyl sites for hydroxylation is 4. The van der Waals surface area contributed by atoms with Crippen molar-refractivity contribution in [3.63, 3.8) is 0 Å². The fraction of sp³-hybridized carbons (Fsp3) is 0.273. The molecule has 1 heterocycles. The monoisotopic (exact) mass is 379 g/mol. The second-order valence-corrected chi connectivity index (χ2v) is 7.88. The smallest absolute Gasteiger partial charge is 0.234 e. The third-order valence-electron chi connectivity index (χ3n) is 4.42. The maximum Gasteiger partial charge on any atom is 0.234 e. The third kappa shape index (κ3) is 5.01. The van der Waals surface area contributed by atoms with Crippen LogP contribution in [0.5, 0.6) is 0 Å². The number of nitrogens with one attached hydrogen (secondary N) is 1.